The van der Waals surface area contributed by atoms with Crippen LogP contribution in [0.1, 0.15) is 38.7 Å². The Morgan fingerprint density at radius 3 is 2.67 bits per heavy atom. The van der Waals surface area contributed by atoms with Crippen molar-refractivity contribution in [3.8, 4) is 11.8 Å². The molecule has 1 N–H and O–H groups in total. The van der Waals surface area contributed by atoms with Crippen molar-refractivity contribution < 1.29 is 14.3 Å². The van der Waals surface area contributed by atoms with E-state index in [-0.39, 0.29) is 5.91 Å². The number of nitrogens with one attached hydrogen (secondary N) is 1. The smallest absolute Gasteiger partial charge is 0.256 e. The van der Waals surface area contributed by atoms with Crippen LogP contribution in [-0.2, 0) is 9.53 Å². The highest BCUT2D eigenvalue weighted by molar-refractivity contribution is 5.98. The standard InChI is InChI=1S/C16H22N2O3/c1-5-6-9-16(2,21-4)15(19)18-14-8-7-13(20-3)10-12(14)11-17/h7-8,10H,5-6,9H2,1-4H3,(H,18,19)/t16-/m0/s1. The summed E-state index contributed by atoms with van der Waals surface area (Å²) in [5.41, 5.74) is -0.0810. The Morgan fingerprint density at radius 1 is 1.43 bits per heavy atom. The number of unbranched alkanes of at least 4 members (excludes halogenated alkanes) is 1. The van der Waals surface area contributed by atoms with Crippen LogP contribution in [0.5, 0.6) is 5.75 Å². The molecule has 1 aromatic carbocycles. The van der Waals surface area contributed by atoms with Gasteiger partial charge in [0.2, 0.25) is 0 Å². The van der Waals surface area contributed by atoms with Crippen molar-refractivity contribution in [2.75, 3.05) is 19.5 Å². The van der Waals surface area contributed by atoms with Gasteiger partial charge in [0.1, 0.15) is 17.4 Å². The number of benzene rings is 1. The van der Waals surface area contributed by atoms with Gasteiger partial charge in [-0.15, -0.1) is 0 Å². The van der Waals surface area contributed by atoms with Crippen molar-refractivity contribution in [2.45, 2.75) is 38.7 Å². The first-order valence-electron chi connectivity index (χ1n) is 6.95. The third kappa shape index (κ3) is 4.20. The number of carbonyl (C=O) groups is 1. The van der Waals surface area contributed by atoms with Crippen molar-refractivity contribution in [2.24, 2.45) is 0 Å². The number of hydrogen-bond acceptors (Lipinski definition) is 4. The van der Waals surface area contributed by atoms with E-state index in [4.69, 9.17) is 14.7 Å². The van der Waals surface area contributed by atoms with E-state index in [2.05, 4.69) is 18.3 Å². The second-order valence-electron chi connectivity index (χ2n) is 5.02. The molecule has 1 amide bonds. The summed E-state index contributed by atoms with van der Waals surface area (Å²) in [7, 11) is 3.05. The van der Waals surface area contributed by atoms with E-state index < -0.39 is 5.60 Å². The minimum Gasteiger partial charge on any atom is -0.497 e. The van der Waals surface area contributed by atoms with Gasteiger partial charge >= 0.3 is 0 Å². The van der Waals surface area contributed by atoms with Crippen LogP contribution in [0, 0.1) is 11.3 Å². The molecule has 0 bridgehead atoms. The van der Waals surface area contributed by atoms with Gasteiger partial charge < -0.3 is 14.8 Å². The maximum atomic E-state index is 12.4. The van der Waals surface area contributed by atoms with Gasteiger partial charge in [-0.3, -0.25) is 4.79 Å². The highest BCUT2D eigenvalue weighted by atomic mass is 16.5. The lowest BCUT2D eigenvalue weighted by Crippen LogP contribution is -2.42. The fourth-order valence-corrected chi connectivity index (χ4v) is 1.93. The molecule has 21 heavy (non-hydrogen) atoms. The molecule has 0 unspecified atom stereocenters. The van der Waals surface area contributed by atoms with Crippen LogP contribution in [0.2, 0.25) is 0 Å². The summed E-state index contributed by atoms with van der Waals surface area (Å²) in [4.78, 5) is 12.4. The Kier molecular flexibility index (Phi) is 6.19. The van der Waals surface area contributed by atoms with Crippen LogP contribution < -0.4 is 10.1 Å². The summed E-state index contributed by atoms with van der Waals surface area (Å²) < 4.78 is 10.4. The molecule has 0 saturated carbocycles. The van der Waals surface area contributed by atoms with Crippen LogP contribution in [0.4, 0.5) is 5.69 Å². The van der Waals surface area contributed by atoms with Crippen molar-refractivity contribution in [3.63, 3.8) is 0 Å². The van der Waals surface area contributed by atoms with Crippen molar-refractivity contribution >= 4 is 11.6 Å². The Morgan fingerprint density at radius 2 is 2.14 bits per heavy atom. The molecule has 0 aliphatic carbocycles. The van der Waals surface area contributed by atoms with Crippen molar-refractivity contribution in [3.05, 3.63) is 23.8 Å². The average Bonchev–Trinajstić information content (AvgIpc) is 2.52. The summed E-state index contributed by atoms with van der Waals surface area (Å²) in [5, 5.41) is 11.9. The third-order valence-electron chi connectivity index (χ3n) is 3.53. The average molecular weight is 290 g/mol. The SMILES string of the molecule is CCCC[C@](C)(OC)C(=O)Nc1ccc(OC)cc1C#N. The lowest BCUT2D eigenvalue weighted by molar-refractivity contribution is -0.136. The fourth-order valence-electron chi connectivity index (χ4n) is 1.93. The van der Waals surface area contributed by atoms with E-state index in [0.717, 1.165) is 12.8 Å². The van der Waals surface area contributed by atoms with E-state index in [0.29, 0.717) is 23.4 Å². The lowest BCUT2D eigenvalue weighted by Gasteiger charge is -2.27. The summed E-state index contributed by atoms with van der Waals surface area (Å²) in [6.07, 6.45) is 2.51. The Bertz CT molecular complexity index is 537. The molecule has 0 radical (unpaired) electrons. The highest BCUT2D eigenvalue weighted by Gasteiger charge is 2.32. The van der Waals surface area contributed by atoms with E-state index in [1.807, 2.05) is 0 Å². The van der Waals surface area contributed by atoms with Gasteiger partial charge in [-0.25, -0.2) is 0 Å². The summed E-state index contributed by atoms with van der Waals surface area (Å²) >= 11 is 0. The molecule has 0 fully saturated rings. The van der Waals surface area contributed by atoms with E-state index in [1.54, 1.807) is 25.1 Å². The molecule has 1 rings (SSSR count). The van der Waals surface area contributed by atoms with Crippen molar-refractivity contribution in [1.82, 2.24) is 0 Å². The monoisotopic (exact) mass is 290 g/mol. The summed E-state index contributed by atoms with van der Waals surface area (Å²) in [6, 6.07) is 7.00. The number of methoxy groups -OCH3 is 2. The van der Waals surface area contributed by atoms with E-state index in [1.165, 1.54) is 14.2 Å². The van der Waals surface area contributed by atoms with Crippen LogP contribution in [0.25, 0.3) is 0 Å². The quantitative estimate of drug-likeness (QED) is 0.837. The molecule has 1 atom stereocenters. The topological polar surface area (TPSA) is 71.3 Å². The van der Waals surface area contributed by atoms with E-state index >= 15 is 0 Å². The van der Waals surface area contributed by atoms with Crippen molar-refractivity contribution in [1.29, 1.82) is 5.26 Å². The number of nitriles is 1. The highest BCUT2D eigenvalue weighted by Crippen LogP contribution is 2.25. The molecule has 0 aliphatic heterocycles. The zero-order valence-electron chi connectivity index (χ0n) is 13.0. The number of ether oxygens (including phenoxy) is 2. The summed E-state index contributed by atoms with van der Waals surface area (Å²) in [5.74, 6) is 0.324. The molecule has 5 nitrogen and oxygen atoms in total. The lowest BCUT2D eigenvalue weighted by atomic mass is 9.97. The first kappa shape index (κ1) is 17.0. The second kappa shape index (κ2) is 7.65. The number of carbonyl (C=O) groups excluding carboxylic acids is 1. The molecule has 0 aromatic heterocycles. The largest absolute Gasteiger partial charge is 0.497 e. The first-order valence-corrected chi connectivity index (χ1v) is 6.95. The second-order valence-corrected chi connectivity index (χ2v) is 5.02. The predicted octanol–water partition coefficient (Wildman–Crippen LogP) is 3.10. The summed E-state index contributed by atoms with van der Waals surface area (Å²) in [6.45, 7) is 3.82. The zero-order chi connectivity index (χ0) is 15.9. The van der Waals surface area contributed by atoms with Gasteiger partial charge in [-0.1, -0.05) is 19.8 Å². The number of amides is 1. The molecular weight excluding hydrogens is 268 g/mol. The third-order valence-corrected chi connectivity index (χ3v) is 3.53. The number of nitrogens with zero attached hydrogens (tertiary/aromatic N) is 1. The maximum Gasteiger partial charge on any atom is 0.256 e. The molecule has 0 spiro atoms. The van der Waals surface area contributed by atoms with Crippen LogP contribution >= 0.6 is 0 Å². The predicted molar refractivity (Wildman–Crippen MR) is 81.3 cm³/mol. The maximum absolute atomic E-state index is 12.4. The molecule has 0 heterocycles. The number of rotatable bonds is 7. The van der Waals surface area contributed by atoms with E-state index in [9.17, 15) is 4.79 Å². The van der Waals surface area contributed by atoms with Crippen LogP contribution in [0.15, 0.2) is 18.2 Å². The fraction of sp³-hybridized carbons (Fsp3) is 0.500. The van der Waals surface area contributed by atoms with Gasteiger partial charge in [0.15, 0.2) is 0 Å². The van der Waals surface area contributed by atoms with Crippen LogP contribution in [0.3, 0.4) is 0 Å². The number of anilines is 1. The molecule has 0 saturated heterocycles. The normalized spacial score (nSPS) is 13.1. The molecular formula is C16H22N2O3. The van der Waals surface area contributed by atoms with Gasteiger partial charge in [0, 0.05) is 7.11 Å². The zero-order valence-corrected chi connectivity index (χ0v) is 13.0. The Hall–Kier alpha value is -2.06. The van der Waals surface area contributed by atoms with Crippen LogP contribution in [-0.4, -0.2) is 25.7 Å². The molecule has 1 aromatic rings. The minimum atomic E-state index is -0.900. The molecule has 5 heteroatoms. The van der Waals surface area contributed by atoms with Gasteiger partial charge in [0.05, 0.1) is 18.4 Å². The van der Waals surface area contributed by atoms with Gasteiger partial charge in [0.25, 0.3) is 5.91 Å². The Labute approximate surface area is 125 Å². The van der Waals surface area contributed by atoms with Gasteiger partial charge in [-0.2, -0.15) is 5.26 Å². The minimum absolute atomic E-state index is 0.250. The number of hydrogen-bond donors (Lipinski definition) is 1. The molecule has 0 aliphatic rings. The Balaban J connectivity index is 2.94. The first-order chi connectivity index (χ1) is 10.0. The van der Waals surface area contributed by atoms with Gasteiger partial charge in [-0.05, 0) is 31.5 Å². The molecule has 114 valence electrons.